The summed E-state index contributed by atoms with van der Waals surface area (Å²) in [5.74, 6) is 0.245. The monoisotopic (exact) mass is 195 g/mol. The molecule has 0 aromatic rings. The SMILES string of the molecule is O=C1CC2CCC(CN1)N2C1CNC1. The third kappa shape index (κ3) is 1.25. The lowest BCUT2D eigenvalue weighted by molar-refractivity contribution is -0.121. The molecular formula is C10H17N3O. The lowest BCUT2D eigenvalue weighted by atomic mass is 10.1. The average molecular weight is 195 g/mol. The van der Waals surface area contributed by atoms with E-state index in [-0.39, 0.29) is 5.91 Å². The highest BCUT2D eigenvalue weighted by molar-refractivity contribution is 5.77. The van der Waals surface area contributed by atoms with Crippen LogP contribution in [0.15, 0.2) is 0 Å². The van der Waals surface area contributed by atoms with Crippen LogP contribution in [0.3, 0.4) is 0 Å². The first-order valence-corrected chi connectivity index (χ1v) is 5.59. The van der Waals surface area contributed by atoms with Crippen LogP contribution in [0, 0.1) is 0 Å². The molecule has 2 unspecified atom stereocenters. The molecule has 3 saturated heterocycles. The molecule has 0 aromatic carbocycles. The van der Waals surface area contributed by atoms with Gasteiger partial charge < -0.3 is 10.6 Å². The van der Waals surface area contributed by atoms with Gasteiger partial charge in [0.2, 0.25) is 5.91 Å². The van der Waals surface area contributed by atoms with Gasteiger partial charge in [-0.25, -0.2) is 0 Å². The zero-order valence-electron chi connectivity index (χ0n) is 8.33. The second kappa shape index (κ2) is 3.21. The van der Waals surface area contributed by atoms with Crippen LogP contribution in [-0.4, -0.2) is 48.6 Å². The van der Waals surface area contributed by atoms with Gasteiger partial charge in [0.1, 0.15) is 0 Å². The summed E-state index contributed by atoms with van der Waals surface area (Å²) in [7, 11) is 0. The van der Waals surface area contributed by atoms with Crippen molar-refractivity contribution in [3.05, 3.63) is 0 Å². The third-order valence-corrected chi connectivity index (χ3v) is 3.81. The first kappa shape index (κ1) is 8.68. The van der Waals surface area contributed by atoms with E-state index < -0.39 is 0 Å². The molecule has 1 amide bonds. The van der Waals surface area contributed by atoms with Crippen molar-refractivity contribution in [2.45, 2.75) is 37.4 Å². The lowest BCUT2D eigenvalue weighted by Crippen LogP contribution is -2.60. The summed E-state index contributed by atoms with van der Waals surface area (Å²) in [6.07, 6.45) is 3.20. The topological polar surface area (TPSA) is 44.4 Å². The Morgan fingerprint density at radius 3 is 2.57 bits per heavy atom. The minimum absolute atomic E-state index is 0.245. The average Bonchev–Trinajstić information content (AvgIpc) is 2.34. The van der Waals surface area contributed by atoms with Crippen molar-refractivity contribution < 1.29 is 4.79 Å². The van der Waals surface area contributed by atoms with Gasteiger partial charge in [-0.15, -0.1) is 0 Å². The molecule has 3 aliphatic heterocycles. The summed E-state index contributed by atoms with van der Waals surface area (Å²) in [5.41, 5.74) is 0. The fourth-order valence-electron chi connectivity index (χ4n) is 2.99. The van der Waals surface area contributed by atoms with Crippen LogP contribution >= 0.6 is 0 Å². The maximum atomic E-state index is 11.4. The van der Waals surface area contributed by atoms with Crippen LogP contribution in [0.4, 0.5) is 0 Å². The second-order valence-corrected chi connectivity index (χ2v) is 4.65. The number of carbonyl (C=O) groups excluding carboxylic acids is 1. The molecule has 0 aliphatic carbocycles. The van der Waals surface area contributed by atoms with Crippen LogP contribution in [0.1, 0.15) is 19.3 Å². The van der Waals surface area contributed by atoms with E-state index in [1.54, 1.807) is 0 Å². The lowest BCUT2D eigenvalue weighted by Gasteiger charge is -2.41. The molecule has 0 radical (unpaired) electrons. The predicted molar refractivity (Wildman–Crippen MR) is 52.9 cm³/mol. The van der Waals surface area contributed by atoms with Crippen molar-refractivity contribution >= 4 is 5.91 Å². The minimum atomic E-state index is 0.245. The number of nitrogens with one attached hydrogen (secondary N) is 2. The van der Waals surface area contributed by atoms with Crippen molar-refractivity contribution in [1.29, 1.82) is 0 Å². The number of fused-ring (bicyclic) bond motifs is 2. The molecule has 3 fully saturated rings. The van der Waals surface area contributed by atoms with Gasteiger partial charge >= 0.3 is 0 Å². The molecule has 4 nitrogen and oxygen atoms in total. The zero-order valence-corrected chi connectivity index (χ0v) is 8.33. The van der Waals surface area contributed by atoms with E-state index in [0.29, 0.717) is 24.5 Å². The summed E-state index contributed by atoms with van der Waals surface area (Å²) >= 11 is 0. The van der Waals surface area contributed by atoms with Crippen molar-refractivity contribution in [3.63, 3.8) is 0 Å². The van der Waals surface area contributed by atoms with Crippen molar-refractivity contribution in [2.24, 2.45) is 0 Å². The number of nitrogens with zero attached hydrogens (tertiary/aromatic N) is 1. The molecule has 14 heavy (non-hydrogen) atoms. The first-order valence-electron chi connectivity index (χ1n) is 5.59. The maximum Gasteiger partial charge on any atom is 0.221 e. The zero-order chi connectivity index (χ0) is 9.54. The fourth-order valence-corrected chi connectivity index (χ4v) is 2.99. The fraction of sp³-hybridized carbons (Fsp3) is 0.900. The van der Waals surface area contributed by atoms with Crippen LogP contribution < -0.4 is 10.6 Å². The van der Waals surface area contributed by atoms with Crippen LogP contribution in [0.5, 0.6) is 0 Å². The number of hydrogen-bond acceptors (Lipinski definition) is 3. The van der Waals surface area contributed by atoms with E-state index in [0.717, 1.165) is 19.6 Å². The summed E-state index contributed by atoms with van der Waals surface area (Å²) in [6.45, 7) is 3.09. The normalized spacial score (nSPS) is 39.0. The van der Waals surface area contributed by atoms with Gasteiger partial charge in [0.15, 0.2) is 0 Å². The van der Waals surface area contributed by atoms with Crippen molar-refractivity contribution in [1.82, 2.24) is 15.5 Å². The summed E-state index contributed by atoms with van der Waals surface area (Å²) in [4.78, 5) is 14.0. The van der Waals surface area contributed by atoms with Gasteiger partial charge in [-0.2, -0.15) is 0 Å². The smallest absolute Gasteiger partial charge is 0.221 e. The Hall–Kier alpha value is -0.610. The van der Waals surface area contributed by atoms with Gasteiger partial charge in [0, 0.05) is 44.2 Å². The summed E-state index contributed by atoms with van der Waals surface area (Å²) < 4.78 is 0. The van der Waals surface area contributed by atoms with Gasteiger partial charge in [0.05, 0.1) is 0 Å². The van der Waals surface area contributed by atoms with Gasteiger partial charge in [-0.3, -0.25) is 9.69 Å². The molecule has 0 spiro atoms. The van der Waals surface area contributed by atoms with Gasteiger partial charge in [-0.1, -0.05) is 0 Å². The first-order chi connectivity index (χ1) is 6.84. The van der Waals surface area contributed by atoms with Crippen molar-refractivity contribution in [3.8, 4) is 0 Å². The van der Waals surface area contributed by atoms with Crippen LogP contribution in [0.2, 0.25) is 0 Å². The van der Waals surface area contributed by atoms with E-state index in [9.17, 15) is 4.79 Å². The Balaban J connectivity index is 1.78. The molecule has 3 heterocycles. The molecule has 4 heteroatoms. The van der Waals surface area contributed by atoms with Gasteiger partial charge in [0.25, 0.3) is 0 Å². The molecule has 2 bridgehead atoms. The van der Waals surface area contributed by atoms with E-state index in [2.05, 4.69) is 15.5 Å². The predicted octanol–water partition coefficient (Wildman–Crippen LogP) is -0.689. The maximum absolute atomic E-state index is 11.4. The molecule has 3 rings (SSSR count). The molecule has 2 atom stereocenters. The summed E-state index contributed by atoms with van der Waals surface area (Å²) in [5, 5.41) is 6.32. The van der Waals surface area contributed by atoms with Crippen LogP contribution in [-0.2, 0) is 4.79 Å². The number of amides is 1. The molecule has 3 aliphatic rings. The standard InChI is InChI=1S/C10H17N3O/c14-10-3-7-1-2-8(6-12-10)13(7)9-4-11-5-9/h7-9,11H,1-6H2,(H,12,14). The Bertz CT molecular complexity index is 252. The van der Waals surface area contributed by atoms with Crippen molar-refractivity contribution in [2.75, 3.05) is 19.6 Å². The van der Waals surface area contributed by atoms with E-state index in [1.807, 2.05) is 0 Å². The number of carbonyl (C=O) groups is 1. The highest BCUT2D eigenvalue weighted by Gasteiger charge is 2.42. The Kier molecular flexibility index (Phi) is 1.99. The number of rotatable bonds is 1. The minimum Gasteiger partial charge on any atom is -0.354 e. The molecule has 2 N–H and O–H groups in total. The van der Waals surface area contributed by atoms with Gasteiger partial charge in [-0.05, 0) is 12.8 Å². The second-order valence-electron chi connectivity index (χ2n) is 4.65. The molecule has 78 valence electrons. The van der Waals surface area contributed by atoms with Crippen LogP contribution in [0.25, 0.3) is 0 Å². The Labute approximate surface area is 84.0 Å². The van der Waals surface area contributed by atoms with E-state index in [4.69, 9.17) is 0 Å². The molecule has 0 saturated carbocycles. The van der Waals surface area contributed by atoms with E-state index >= 15 is 0 Å². The third-order valence-electron chi connectivity index (χ3n) is 3.81. The summed E-state index contributed by atoms with van der Waals surface area (Å²) in [6, 6.07) is 1.83. The Morgan fingerprint density at radius 1 is 1.07 bits per heavy atom. The molecule has 0 aromatic heterocycles. The Morgan fingerprint density at radius 2 is 1.86 bits per heavy atom. The van der Waals surface area contributed by atoms with E-state index in [1.165, 1.54) is 12.8 Å². The highest BCUT2D eigenvalue weighted by atomic mass is 16.1. The highest BCUT2D eigenvalue weighted by Crippen LogP contribution is 2.31. The largest absolute Gasteiger partial charge is 0.354 e. The molecular weight excluding hydrogens is 178 g/mol. The quantitative estimate of drug-likeness (QED) is 0.582. The number of hydrogen-bond donors (Lipinski definition) is 2.